The van der Waals surface area contributed by atoms with Crippen LogP contribution in [0.4, 0.5) is 0 Å². The third-order valence-corrected chi connectivity index (χ3v) is 3.05. The predicted molar refractivity (Wildman–Crippen MR) is 64.8 cm³/mol. The van der Waals surface area contributed by atoms with Gasteiger partial charge >= 0.3 is 0 Å². The highest BCUT2D eigenvalue weighted by Gasteiger charge is 2.32. The molecule has 0 amide bonds. The van der Waals surface area contributed by atoms with E-state index in [0.717, 1.165) is 19.6 Å². The van der Waals surface area contributed by atoms with Gasteiger partial charge in [0.2, 0.25) is 17.5 Å². The van der Waals surface area contributed by atoms with Crippen molar-refractivity contribution in [2.75, 3.05) is 19.6 Å². The molecule has 6 nitrogen and oxygen atoms in total. The van der Waals surface area contributed by atoms with E-state index in [1.807, 2.05) is 0 Å². The Kier molecular flexibility index (Phi) is 3.02. The van der Waals surface area contributed by atoms with Gasteiger partial charge in [0.1, 0.15) is 0 Å². The van der Waals surface area contributed by atoms with Crippen LogP contribution < -0.4 is 0 Å². The van der Waals surface area contributed by atoms with Gasteiger partial charge in [0.05, 0.1) is 5.92 Å². The molecule has 3 rings (SSSR count). The van der Waals surface area contributed by atoms with E-state index in [1.165, 1.54) is 6.42 Å². The zero-order valence-corrected chi connectivity index (χ0v) is 10.3. The second kappa shape index (κ2) is 4.81. The topological polar surface area (TPSA) is 67.9 Å². The number of nitrogens with zero attached hydrogens (tertiary/aromatic N) is 5. The van der Waals surface area contributed by atoms with Crippen LogP contribution in [0, 0.1) is 0 Å². The van der Waals surface area contributed by atoms with E-state index < -0.39 is 0 Å². The lowest BCUT2D eigenvalue weighted by Gasteiger charge is -2.36. The van der Waals surface area contributed by atoms with E-state index in [9.17, 15) is 0 Å². The maximum Gasteiger partial charge on any atom is 0.240 e. The van der Waals surface area contributed by atoms with Crippen LogP contribution in [0.15, 0.2) is 23.0 Å². The Hall–Kier alpha value is -1.82. The van der Waals surface area contributed by atoms with Crippen LogP contribution in [0.1, 0.15) is 25.2 Å². The summed E-state index contributed by atoms with van der Waals surface area (Å²) in [4.78, 5) is 15.0. The highest BCUT2D eigenvalue weighted by atomic mass is 16.5. The van der Waals surface area contributed by atoms with Crippen LogP contribution in [0.2, 0.25) is 0 Å². The van der Waals surface area contributed by atoms with Crippen LogP contribution in [0.25, 0.3) is 11.6 Å². The van der Waals surface area contributed by atoms with Crippen molar-refractivity contribution < 1.29 is 4.52 Å². The summed E-state index contributed by atoms with van der Waals surface area (Å²) in [6, 6.07) is 1.76. The molecule has 0 aromatic carbocycles. The first-order valence-electron chi connectivity index (χ1n) is 6.20. The van der Waals surface area contributed by atoms with E-state index in [2.05, 4.69) is 31.9 Å². The summed E-state index contributed by atoms with van der Waals surface area (Å²) in [7, 11) is 0. The minimum Gasteiger partial charge on any atom is -0.338 e. The first kappa shape index (κ1) is 11.3. The lowest BCUT2D eigenvalue weighted by atomic mass is 10.0. The Bertz CT molecular complexity index is 506. The zero-order chi connectivity index (χ0) is 12.4. The summed E-state index contributed by atoms with van der Waals surface area (Å²) in [5, 5.41) is 3.93. The van der Waals surface area contributed by atoms with Crippen LogP contribution >= 0.6 is 0 Å². The molecule has 1 aliphatic heterocycles. The van der Waals surface area contributed by atoms with Crippen molar-refractivity contribution in [1.82, 2.24) is 25.0 Å². The second-order valence-electron chi connectivity index (χ2n) is 4.49. The number of rotatable bonds is 4. The molecule has 0 unspecified atom stereocenters. The quantitative estimate of drug-likeness (QED) is 0.809. The van der Waals surface area contributed by atoms with Crippen molar-refractivity contribution in [3.63, 3.8) is 0 Å². The van der Waals surface area contributed by atoms with Gasteiger partial charge < -0.3 is 9.42 Å². The van der Waals surface area contributed by atoms with Crippen molar-refractivity contribution in [3.05, 3.63) is 24.4 Å². The third-order valence-electron chi connectivity index (χ3n) is 3.05. The van der Waals surface area contributed by atoms with Crippen LogP contribution in [-0.2, 0) is 0 Å². The normalized spacial score (nSPS) is 16.7. The van der Waals surface area contributed by atoms with E-state index >= 15 is 0 Å². The summed E-state index contributed by atoms with van der Waals surface area (Å²) < 4.78 is 5.28. The summed E-state index contributed by atoms with van der Waals surface area (Å²) in [5.41, 5.74) is 0. The standard InChI is InChI=1S/C12H15N5O/c1-2-6-17-7-9(8-17)12-15-11(16-18-12)10-13-4-3-5-14-10/h3-5,9H,2,6-8H2,1H3. The highest BCUT2D eigenvalue weighted by molar-refractivity contribution is 5.40. The van der Waals surface area contributed by atoms with Gasteiger partial charge in [-0.25, -0.2) is 9.97 Å². The van der Waals surface area contributed by atoms with E-state index in [4.69, 9.17) is 4.52 Å². The van der Waals surface area contributed by atoms with Gasteiger partial charge in [0, 0.05) is 25.5 Å². The van der Waals surface area contributed by atoms with Crippen molar-refractivity contribution in [2.45, 2.75) is 19.3 Å². The van der Waals surface area contributed by atoms with Gasteiger partial charge in [-0.1, -0.05) is 12.1 Å². The fraction of sp³-hybridized carbons (Fsp3) is 0.500. The van der Waals surface area contributed by atoms with Crippen LogP contribution in [0.5, 0.6) is 0 Å². The molecular formula is C12H15N5O. The van der Waals surface area contributed by atoms with Crippen LogP contribution in [-0.4, -0.2) is 44.6 Å². The minimum atomic E-state index is 0.363. The maximum absolute atomic E-state index is 5.28. The molecule has 0 atom stereocenters. The molecular weight excluding hydrogens is 230 g/mol. The SMILES string of the molecule is CCCN1CC(c2nc(-c3ncccn3)no2)C1. The summed E-state index contributed by atoms with van der Waals surface area (Å²) in [5.74, 6) is 2.04. The molecule has 3 heterocycles. The fourth-order valence-corrected chi connectivity index (χ4v) is 2.13. The lowest BCUT2D eigenvalue weighted by molar-refractivity contribution is 0.125. The molecule has 2 aromatic rings. The van der Waals surface area contributed by atoms with Crippen molar-refractivity contribution in [3.8, 4) is 11.6 Å². The van der Waals surface area contributed by atoms with Gasteiger partial charge in [-0.2, -0.15) is 4.98 Å². The van der Waals surface area contributed by atoms with Crippen molar-refractivity contribution in [2.24, 2.45) is 0 Å². The Morgan fingerprint density at radius 1 is 1.28 bits per heavy atom. The number of aromatic nitrogens is 4. The molecule has 0 N–H and O–H groups in total. The van der Waals surface area contributed by atoms with Gasteiger partial charge in [-0.3, -0.25) is 0 Å². The van der Waals surface area contributed by atoms with E-state index in [-0.39, 0.29) is 0 Å². The molecule has 6 heteroatoms. The summed E-state index contributed by atoms with van der Waals surface area (Å²) in [6.07, 6.45) is 4.52. The Balaban J connectivity index is 1.68. The molecule has 1 aliphatic rings. The number of hydrogen-bond donors (Lipinski definition) is 0. The third kappa shape index (κ3) is 2.11. The molecule has 0 aliphatic carbocycles. The van der Waals surface area contributed by atoms with Crippen LogP contribution in [0.3, 0.4) is 0 Å². The second-order valence-corrected chi connectivity index (χ2v) is 4.49. The zero-order valence-electron chi connectivity index (χ0n) is 10.3. The van der Waals surface area contributed by atoms with Gasteiger partial charge in [-0.15, -0.1) is 0 Å². The molecule has 1 fully saturated rings. The fourth-order valence-electron chi connectivity index (χ4n) is 2.13. The molecule has 0 saturated carbocycles. The Labute approximate surface area is 105 Å². The van der Waals surface area contributed by atoms with E-state index in [0.29, 0.717) is 23.5 Å². The first-order chi connectivity index (χ1) is 8.86. The monoisotopic (exact) mass is 245 g/mol. The molecule has 0 bridgehead atoms. The van der Waals surface area contributed by atoms with Gasteiger partial charge in [-0.05, 0) is 19.0 Å². The van der Waals surface area contributed by atoms with Gasteiger partial charge in [0.15, 0.2) is 0 Å². The average molecular weight is 245 g/mol. The first-order valence-corrected chi connectivity index (χ1v) is 6.20. The van der Waals surface area contributed by atoms with Crippen molar-refractivity contribution >= 4 is 0 Å². The highest BCUT2D eigenvalue weighted by Crippen LogP contribution is 2.26. The minimum absolute atomic E-state index is 0.363. The van der Waals surface area contributed by atoms with Crippen molar-refractivity contribution in [1.29, 1.82) is 0 Å². The molecule has 1 saturated heterocycles. The smallest absolute Gasteiger partial charge is 0.240 e. The Morgan fingerprint density at radius 3 is 2.78 bits per heavy atom. The summed E-state index contributed by atoms with van der Waals surface area (Å²) >= 11 is 0. The largest absolute Gasteiger partial charge is 0.338 e. The molecule has 0 radical (unpaired) electrons. The van der Waals surface area contributed by atoms with Gasteiger partial charge in [0.25, 0.3) is 0 Å². The number of likely N-dealkylation sites (tertiary alicyclic amines) is 1. The average Bonchev–Trinajstić information content (AvgIpc) is 2.83. The lowest BCUT2D eigenvalue weighted by Crippen LogP contribution is -2.45. The number of hydrogen-bond acceptors (Lipinski definition) is 6. The molecule has 94 valence electrons. The Morgan fingerprint density at radius 2 is 2.06 bits per heavy atom. The van der Waals surface area contributed by atoms with E-state index in [1.54, 1.807) is 18.5 Å². The molecule has 2 aromatic heterocycles. The maximum atomic E-state index is 5.28. The summed E-state index contributed by atoms with van der Waals surface area (Å²) in [6.45, 7) is 5.33. The predicted octanol–water partition coefficient (Wildman–Crippen LogP) is 1.34. The molecule has 18 heavy (non-hydrogen) atoms. The molecule has 0 spiro atoms.